The number of aromatic nitrogens is 4. The van der Waals surface area contributed by atoms with Crippen LogP contribution in [-0.4, -0.2) is 26.2 Å². The number of hydrogen-bond donors (Lipinski definition) is 2. The fourth-order valence-corrected chi connectivity index (χ4v) is 3.16. The quantitative estimate of drug-likeness (QED) is 0.738. The van der Waals surface area contributed by atoms with Crippen LogP contribution in [0.5, 0.6) is 0 Å². The summed E-state index contributed by atoms with van der Waals surface area (Å²) in [7, 11) is 0. The number of nitrogens with zero attached hydrogens (tertiary/aromatic N) is 3. The third kappa shape index (κ3) is 2.87. The molecule has 0 unspecified atom stereocenters. The number of nitrogens with one attached hydrogen (secondary N) is 2. The Balaban J connectivity index is 1.42. The minimum atomic E-state index is -0.361. The number of hydrogen-bond acceptors (Lipinski definition) is 6. The van der Waals surface area contributed by atoms with E-state index in [4.69, 9.17) is 16.1 Å². The molecule has 0 saturated heterocycles. The van der Waals surface area contributed by atoms with Crippen LogP contribution in [0.4, 0.5) is 0 Å². The molecule has 1 aliphatic rings. The monoisotopic (exact) mass is 349 g/mol. The van der Waals surface area contributed by atoms with E-state index in [9.17, 15) is 4.79 Å². The molecule has 3 aromatic rings. The minimum Gasteiger partial charge on any atom is -0.343 e. The Bertz CT molecular complexity index is 837. The molecule has 2 N–H and O–H groups in total. The number of carbonyl (C=O) groups is 1. The average Bonchev–Trinajstić information content (AvgIpc) is 2.97. The van der Waals surface area contributed by atoms with Gasteiger partial charge in [-0.1, -0.05) is 16.8 Å². The molecular formula is C14H12ClN5O2S. The highest BCUT2D eigenvalue weighted by Gasteiger charge is 2.30. The second-order valence-electron chi connectivity index (χ2n) is 5.28. The zero-order chi connectivity index (χ0) is 15.8. The van der Waals surface area contributed by atoms with E-state index in [1.165, 1.54) is 0 Å². The normalized spacial score (nSPS) is 14.1. The van der Waals surface area contributed by atoms with Crippen molar-refractivity contribution in [1.82, 2.24) is 25.7 Å². The summed E-state index contributed by atoms with van der Waals surface area (Å²) in [5, 5.41) is 17.6. The highest BCUT2D eigenvalue weighted by Crippen LogP contribution is 2.42. The zero-order valence-corrected chi connectivity index (χ0v) is 13.4. The lowest BCUT2D eigenvalue weighted by Crippen LogP contribution is -2.24. The summed E-state index contributed by atoms with van der Waals surface area (Å²) in [5.41, 5.74) is 1.91. The predicted molar refractivity (Wildman–Crippen MR) is 84.4 cm³/mol. The van der Waals surface area contributed by atoms with Gasteiger partial charge in [0.2, 0.25) is 0 Å². The minimum absolute atomic E-state index is 0.147. The van der Waals surface area contributed by atoms with Crippen LogP contribution in [0.25, 0.3) is 11.5 Å². The molecule has 3 aromatic heterocycles. The van der Waals surface area contributed by atoms with Gasteiger partial charge in [0.15, 0.2) is 11.5 Å². The van der Waals surface area contributed by atoms with E-state index in [1.54, 1.807) is 11.3 Å². The van der Waals surface area contributed by atoms with Crippen LogP contribution < -0.4 is 5.32 Å². The Labute approximate surface area is 140 Å². The molecule has 7 nitrogen and oxygen atoms in total. The molecule has 0 spiro atoms. The first-order valence-electron chi connectivity index (χ1n) is 7.09. The molecule has 0 aliphatic heterocycles. The molecule has 0 atom stereocenters. The number of carbonyl (C=O) groups excluding carboxylic acids is 1. The molecular weight excluding hydrogens is 338 g/mol. The van der Waals surface area contributed by atoms with E-state index < -0.39 is 0 Å². The van der Waals surface area contributed by atoms with Crippen LogP contribution in [0, 0.1) is 0 Å². The second-order valence-corrected chi connectivity index (χ2v) is 6.44. The van der Waals surface area contributed by atoms with Gasteiger partial charge in [-0.2, -0.15) is 21.4 Å². The van der Waals surface area contributed by atoms with Gasteiger partial charge in [0.1, 0.15) is 0 Å². The van der Waals surface area contributed by atoms with Gasteiger partial charge in [-0.3, -0.25) is 9.89 Å². The zero-order valence-electron chi connectivity index (χ0n) is 11.9. The summed E-state index contributed by atoms with van der Waals surface area (Å²) in [6.45, 7) is 0.147. The molecule has 3 heterocycles. The topological polar surface area (TPSA) is 96.7 Å². The molecule has 0 aromatic carbocycles. The van der Waals surface area contributed by atoms with Gasteiger partial charge in [0.05, 0.1) is 22.8 Å². The Morgan fingerprint density at radius 3 is 3.13 bits per heavy atom. The van der Waals surface area contributed by atoms with Crippen molar-refractivity contribution in [2.24, 2.45) is 0 Å². The standard InChI is InChI=1S/C14H12ClN5O2S/c15-10-11(7-1-2-7)18-19-12(10)13(21)16-5-9-17-14(22-20-9)8-3-4-23-6-8/h3-4,6-7H,1-2,5H2,(H,16,21)(H,18,19). The summed E-state index contributed by atoms with van der Waals surface area (Å²) >= 11 is 7.75. The van der Waals surface area contributed by atoms with Gasteiger partial charge in [-0.05, 0) is 24.3 Å². The fourth-order valence-electron chi connectivity index (χ4n) is 2.21. The van der Waals surface area contributed by atoms with Gasteiger partial charge in [0.25, 0.3) is 11.8 Å². The molecule has 9 heteroatoms. The third-order valence-corrected chi connectivity index (χ3v) is 4.64. The number of thiophene rings is 1. The number of aromatic amines is 1. The van der Waals surface area contributed by atoms with E-state index in [0.717, 1.165) is 24.1 Å². The lowest BCUT2D eigenvalue weighted by atomic mass is 10.2. The second kappa shape index (κ2) is 5.78. The van der Waals surface area contributed by atoms with E-state index in [-0.39, 0.29) is 18.1 Å². The van der Waals surface area contributed by atoms with Crippen LogP contribution in [0.2, 0.25) is 5.02 Å². The van der Waals surface area contributed by atoms with E-state index >= 15 is 0 Å². The molecule has 0 bridgehead atoms. The van der Waals surface area contributed by atoms with Crippen molar-refractivity contribution in [1.29, 1.82) is 0 Å². The third-order valence-electron chi connectivity index (χ3n) is 3.58. The Kier molecular flexibility index (Phi) is 3.62. The van der Waals surface area contributed by atoms with Gasteiger partial charge in [-0.25, -0.2) is 0 Å². The van der Waals surface area contributed by atoms with E-state index in [1.807, 2.05) is 16.8 Å². The maximum atomic E-state index is 12.2. The summed E-state index contributed by atoms with van der Waals surface area (Å²) in [5.74, 6) is 0.875. The van der Waals surface area contributed by atoms with Crippen molar-refractivity contribution in [2.75, 3.05) is 0 Å². The first-order valence-corrected chi connectivity index (χ1v) is 8.41. The summed E-state index contributed by atoms with van der Waals surface area (Å²) < 4.78 is 5.16. The molecule has 118 valence electrons. The molecule has 0 radical (unpaired) electrons. The maximum absolute atomic E-state index is 12.2. The van der Waals surface area contributed by atoms with Crippen molar-refractivity contribution in [3.63, 3.8) is 0 Å². The SMILES string of the molecule is O=C(NCc1noc(-c2ccsc2)n1)c1n[nH]c(C2CC2)c1Cl. The van der Waals surface area contributed by atoms with Gasteiger partial charge < -0.3 is 9.84 Å². The molecule has 1 saturated carbocycles. The molecule has 1 amide bonds. The van der Waals surface area contributed by atoms with E-state index in [0.29, 0.717) is 22.7 Å². The highest BCUT2D eigenvalue weighted by molar-refractivity contribution is 7.08. The summed E-state index contributed by atoms with van der Waals surface area (Å²) in [6.07, 6.45) is 2.16. The highest BCUT2D eigenvalue weighted by atomic mass is 35.5. The fraction of sp³-hybridized carbons (Fsp3) is 0.286. The first-order chi connectivity index (χ1) is 11.2. The predicted octanol–water partition coefficient (Wildman–Crippen LogP) is 2.98. The number of halogens is 1. The van der Waals surface area contributed by atoms with Crippen LogP contribution in [0.3, 0.4) is 0 Å². The van der Waals surface area contributed by atoms with Crippen LogP contribution in [0.1, 0.15) is 40.8 Å². The number of amides is 1. The Morgan fingerprint density at radius 2 is 2.39 bits per heavy atom. The molecule has 4 rings (SSSR count). The van der Waals surface area contributed by atoms with Crippen molar-refractivity contribution in [3.8, 4) is 11.5 Å². The Hall–Kier alpha value is -2.19. The van der Waals surface area contributed by atoms with Crippen molar-refractivity contribution >= 4 is 28.8 Å². The molecule has 1 fully saturated rings. The lowest BCUT2D eigenvalue weighted by Gasteiger charge is -1.99. The smallest absolute Gasteiger partial charge is 0.273 e. The molecule has 1 aliphatic carbocycles. The van der Waals surface area contributed by atoms with E-state index in [2.05, 4.69) is 25.7 Å². The van der Waals surface area contributed by atoms with Crippen LogP contribution >= 0.6 is 22.9 Å². The Morgan fingerprint density at radius 1 is 1.52 bits per heavy atom. The van der Waals surface area contributed by atoms with Crippen molar-refractivity contribution < 1.29 is 9.32 Å². The molecule has 23 heavy (non-hydrogen) atoms. The lowest BCUT2D eigenvalue weighted by molar-refractivity contribution is 0.0944. The number of H-pyrrole nitrogens is 1. The van der Waals surface area contributed by atoms with Gasteiger partial charge in [0, 0.05) is 11.3 Å². The summed E-state index contributed by atoms with van der Waals surface area (Å²) in [4.78, 5) is 16.4. The number of rotatable bonds is 5. The van der Waals surface area contributed by atoms with Crippen LogP contribution in [0.15, 0.2) is 21.3 Å². The van der Waals surface area contributed by atoms with Gasteiger partial charge in [-0.15, -0.1) is 0 Å². The maximum Gasteiger partial charge on any atom is 0.273 e. The largest absolute Gasteiger partial charge is 0.343 e. The van der Waals surface area contributed by atoms with Crippen LogP contribution in [-0.2, 0) is 6.54 Å². The van der Waals surface area contributed by atoms with Crippen molar-refractivity contribution in [3.05, 3.63) is 39.1 Å². The van der Waals surface area contributed by atoms with Gasteiger partial charge >= 0.3 is 0 Å². The van der Waals surface area contributed by atoms with Crippen molar-refractivity contribution in [2.45, 2.75) is 25.3 Å². The summed E-state index contributed by atoms with van der Waals surface area (Å²) in [6, 6.07) is 1.89. The average molecular weight is 350 g/mol. The first kappa shape index (κ1) is 14.4.